The fraction of sp³-hybridized carbons (Fsp3) is 0.538. The van der Waals surface area contributed by atoms with Crippen molar-refractivity contribution in [1.29, 1.82) is 0 Å². The molecule has 1 rings (SSSR count). The number of rotatable bonds is 5. The maximum absolute atomic E-state index is 3.58. The van der Waals surface area contributed by atoms with Gasteiger partial charge in [0.1, 0.15) is 0 Å². The standard InChI is InChI=1S/C13H21NS/c1-5-10(2)14-11(3)12-6-8-13(15-4)9-7-12/h6-11,14H,5H2,1-4H3. The number of nitrogens with one attached hydrogen (secondary N) is 1. The summed E-state index contributed by atoms with van der Waals surface area (Å²) in [5.74, 6) is 0. The molecule has 1 nitrogen and oxygen atoms in total. The van der Waals surface area contributed by atoms with Gasteiger partial charge in [-0.15, -0.1) is 11.8 Å². The van der Waals surface area contributed by atoms with Crippen LogP contribution in [-0.4, -0.2) is 12.3 Å². The first-order chi connectivity index (χ1) is 7.17. The van der Waals surface area contributed by atoms with Crippen molar-refractivity contribution in [3.05, 3.63) is 29.8 Å². The second-order valence-electron chi connectivity index (χ2n) is 3.97. The summed E-state index contributed by atoms with van der Waals surface area (Å²) in [6.07, 6.45) is 3.28. The normalized spacial score (nSPS) is 14.9. The summed E-state index contributed by atoms with van der Waals surface area (Å²) in [5, 5.41) is 3.58. The number of hydrogen-bond donors (Lipinski definition) is 1. The van der Waals surface area contributed by atoms with E-state index in [0.29, 0.717) is 12.1 Å². The second-order valence-corrected chi connectivity index (χ2v) is 4.85. The molecular formula is C13H21NS. The summed E-state index contributed by atoms with van der Waals surface area (Å²) in [6.45, 7) is 6.66. The largest absolute Gasteiger partial charge is 0.308 e. The summed E-state index contributed by atoms with van der Waals surface area (Å²) in [4.78, 5) is 1.33. The molecule has 0 aliphatic rings. The highest BCUT2D eigenvalue weighted by atomic mass is 32.2. The van der Waals surface area contributed by atoms with Crippen molar-refractivity contribution in [1.82, 2.24) is 5.32 Å². The van der Waals surface area contributed by atoms with Gasteiger partial charge in [0.2, 0.25) is 0 Å². The highest BCUT2D eigenvalue weighted by Gasteiger charge is 2.07. The maximum Gasteiger partial charge on any atom is 0.0294 e. The van der Waals surface area contributed by atoms with E-state index in [1.165, 1.54) is 16.9 Å². The quantitative estimate of drug-likeness (QED) is 0.761. The van der Waals surface area contributed by atoms with E-state index in [2.05, 4.69) is 56.6 Å². The van der Waals surface area contributed by atoms with Gasteiger partial charge in [0.25, 0.3) is 0 Å². The second kappa shape index (κ2) is 6.19. The lowest BCUT2D eigenvalue weighted by Crippen LogP contribution is -2.28. The van der Waals surface area contributed by atoms with Gasteiger partial charge in [0, 0.05) is 17.0 Å². The first-order valence-corrected chi connectivity index (χ1v) is 6.79. The molecule has 2 heteroatoms. The molecular weight excluding hydrogens is 202 g/mol. The molecule has 1 aromatic carbocycles. The van der Waals surface area contributed by atoms with Gasteiger partial charge >= 0.3 is 0 Å². The van der Waals surface area contributed by atoms with Gasteiger partial charge in [0.15, 0.2) is 0 Å². The maximum atomic E-state index is 3.58. The molecule has 2 atom stereocenters. The minimum atomic E-state index is 0.441. The summed E-state index contributed by atoms with van der Waals surface area (Å²) >= 11 is 1.79. The van der Waals surface area contributed by atoms with Crippen LogP contribution in [0.1, 0.15) is 38.8 Å². The van der Waals surface area contributed by atoms with E-state index >= 15 is 0 Å². The van der Waals surface area contributed by atoms with Crippen LogP contribution >= 0.6 is 11.8 Å². The molecule has 2 unspecified atom stereocenters. The molecule has 0 aromatic heterocycles. The van der Waals surface area contributed by atoms with Crippen LogP contribution in [0, 0.1) is 0 Å². The molecule has 15 heavy (non-hydrogen) atoms. The lowest BCUT2D eigenvalue weighted by molar-refractivity contribution is 0.469. The summed E-state index contributed by atoms with van der Waals surface area (Å²) < 4.78 is 0. The van der Waals surface area contributed by atoms with Crippen molar-refractivity contribution in [2.45, 2.75) is 44.2 Å². The Morgan fingerprint density at radius 3 is 2.27 bits per heavy atom. The van der Waals surface area contributed by atoms with E-state index in [9.17, 15) is 0 Å². The first kappa shape index (κ1) is 12.6. The van der Waals surface area contributed by atoms with Gasteiger partial charge < -0.3 is 5.32 Å². The lowest BCUT2D eigenvalue weighted by atomic mass is 10.1. The molecule has 0 saturated heterocycles. The average molecular weight is 223 g/mol. The zero-order valence-corrected chi connectivity index (χ0v) is 10.9. The molecule has 84 valence electrons. The van der Waals surface area contributed by atoms with Gasteiger partial charge in [-0.2, -0.15) is 0 Å². The van der Waals surface area contributed by atoms with Crippen LogP contribution in [0.25, 0.3) is 0 Å². The molecule has 0 bridgehead atoms. The number of hydrogen-bond acceptors (Lipinski definition) is 2. The fourth-order valence-electron chi connectivity index (χ4n) is 1.53. The van der Waals surface area contributed by atoms with Crippen LogP contribution in [0.15, 0.2) is 29.2 Å². The third kappa shape index (κ3) is 3.88. The summed E-state index contributed by atoms with van der Waals surface area (Å²) in [7, 11) is 0. The molecule has 0 aliphatic carbocycles. The first-order valence-electron chi connectivity index (χ1n) is 5.57. The van der Waals surface area contributed by atoms with Gasteiger partial charge in [-0.25, -0.2) is 0 Å². The minimum Gasteiger partial charge on any atom is -0.308 e. The van der Waals surface area contributed by atoms with E-state index < -0.39 is 0 Å². The van der Waals surface area contributed by atoms with Crippen molar-refractivity contribution in [2.75, 3.05) is 6.26 Å². The minimum absolute atomic E-state index is 0.441. The zero-order valence-electron chi connectivity index (χ0n) is 10.1. The molecule has 0 saturated carbocycles. The number of thioether (sulfide) groups is 1. The molecule has 0 amide bonds. The van der Waals surface area contributed by atoms with Crippen LogP contribution in [0.3, 0.4) is 0 Å². The SMILES string of the molecule is CCC(C)NC(C)c1ccc(SC)cc1. The predicted molar refractivity (Wildman–Crippen MR) is 69.5 cm³/mol. The number of benzene rings is 1. The van der Waals surface area contributed by atoms with Crippen molar-refractivity contribution in [3.8, 4) is 0 Å². The third-order valence-electron chi connectivity index (χ3n) is 2.76. The Balaban J connectivity index is 2.61. The van der Waals surface area contributed by atoms with E-state index in [-0.39, 0.29) is 0 Å². The molecule has 0 aliphatic heterocycles. The van der Waals surface area contributed by atoms with E-state index in [1.807, 2.05) is 0 Å². The summed E-state index contributed by atoms with van der Waals surface area (Å²) in [6, 6.07) is 9.83. The van der Waals surface area contributed by atoms with E-state index in [0.717, 1.165) is 0 Å². The lowest BCUT2D eigenvalue weighted by Gasteiger charge is -2.19. The van der Waals surface area contributed by atoms with Crippen molar-refractivity contribution >= 4 is 11.8 Å². The van der Waals surface area contributed by atoms with Gasteiger partial charge in [-0.3, -0.25) is 0 Å². The molecule has 0 spiro atoms. The average Bonchev–Trinajstić information content (AvgIpc) is 2.29. The molecule has 0 radical (unpaired) electrons. The van der Waals surface area contributed by atoms with Crippen LogP contribution in [0.5, 0.6) is 0 Å². The van der Waals surface area contributed by atoms with Crippen molar-refractivity contribution in [2.24, 2.45) is 0 Å². The monoisotopic (exact) mass is 223 g/mol. The Labute approximate surface area is 97.7 Å². The Hall–Kier alpha value is -0.470. The zero-order chi connectivity index (χ0) is 11.3. The van der Waals surface area contributed by atoms with Crippen LogP contribution < -0.4 is 5.32 Å². The highest BCUT2D eigenvalue weighted by Crippen LogP contribution is 2.19. The smallest absolute Gasteiger partial charge is 0.0294 e. The highest BCUT2D eigenvalue weighted by molar-refractivity contribution is 7.98. The van der Waals surface area contributed by atoms with Crippen LogP contribution in [0.2, 0.25) is 0 Å². The summed E-state index contributed by atoms with van der Waals surface area (Å²) in [5.41, 5.74) is 1.37. The van der Waals surface area contributed by atoms with Crippen molar-refractivity contribution in [3.63, 3.8) is 0 Å². The van der Waals surface area contributed by atoms with Gasteiger partial charge in [-0.1, -0.05) is 19.1 Å². The molecule has 1 aromatic rings. The predicted octanol–water partition coefficient (Wildman–Crippen LogP) is 3.86. The van der Waals surface area contributed by atoms with Gasteiger partial charge in [0.05, 0.1) is 0 Å². The van der Waals surface area contributed by atoms with Crippen LogP contribution in [0.4, 0.5) is 0 Å². The Kier molecular flexibility index (Phi) is 5.20. The van der Waals surface area contributed by atoms with Crippen molar-refractivity contribution < 1.29 is 0 Å². The Morgan fingerprint density at radius 2 is 1.80 bits per heavy atom. The molecule has 1 N–H and O–H groups in total. The van der Waals surface area contributed by atoms with Crippen LogP contribution in [-0.2, 0) is 0 Å². The van der Waals surface area contributed by atoms with Gasteiger partial charge in [-0.05, 0) is 44.2 Å². The Morgan fingerprint density at radius 1 is 1.20 bits per heavy atom. The Bertz CT molecular complexity index is 281. The fourth-order valence-corrected chi connectivity index (χ4v) is 1.94. The third-order valence-corrected chi connectivity index (χ3v) is 3.51. The molecule has 0 fully saturated rings. The molecule has 0 heterocycles. The van der Waals surface area contributed by atoms with E-state index in [4.69, 9.17) is 0 Å². The van der Waals surface area contributed by atoms with E-state index in [1.54, 1.807) is 11.8 Å². The topological polar surface area (TPSA) is 12.0 Å².